The molecule has 7 heteroatoms. The minimum absolute atomic E-state index is 0.199. The number of nitrogens with one attached hydrogen (secondary N) is 1. The van der Waals surface area contributed by atoms with E-state index in [0.717, 1.165) is 28.4 Å². The van der Waals surface area contributed by atoms with E-state index < -0.39 is 0 Å². The lowest BCUT2D eigenvalue weighted by molar-refractivity contribution is 0.290. The number of rotatable bonds is 8. The van der Waals surface area contributed by atoms with Gasteiger partial charge in [-0.3, -0.25) is 9.36 Å². The van der Waals surface area contributed by atoms with Gasteiger partial charge in [0.25, 0.3) is 5.56 Å². The van der Waals surface area contributed by atoms with Gasteiger partial charge in [-0.2, -0.15) is 0 Å². The van der Waals surface area contributed by atoms with E-state index in [9.17, 15) is 9.59 Å². The van der Waals surface area contributed by atoms with Crippen molar-refractivity contribution in [1.82, 2.24) is 14.5 Å². The average Bonchev–Trinajstić information content (AvgIpc) is 2.73. The summed E-state index contributed by atoms with van der Waals surface area (Å²) in [6.45, 7) is 5.26. The van der Waals surface area contributed by atoms with E-state index in [1.807, 2.05) is 43.3 Å². The lowest BCUT2D eigenvalue weighted by atomic mass is 10.1. The van der Waals surface area contributed by atoms with Gasteiger partial charge in [-0.25, -0.2) is 4.79 Å². The first kappa shape index (κ1) is 21.9. The number of hydrogen-bond donors (Lipinski definition) is 1. The van der Waals surface area contributed by atoms with E-state index in [4.69, 9.17) is 16.3 Å². The van der Waals surface area contributed by atoms with Crippen LogP contribution in [0.3, 0.4) is 0 Å². The molecule has 0 amide bonds. The van der Waals surface area contributed by atoms with E-state index in [1.54, 1.807) is 7.05 Å². The van der Waals surface area contributed by atoms with Gasteiger partial charge < -0.3 is 14.6 Å². The van der Waals surface area contributed by atoms with Crippen LogP contribution >= 0.6 is 11.6 Å². The molecule has 0 aliphatic carbocycles. The highest BCUT2D eigenvalue weighted by Crippen LogP contribution is 2.20. The van der Waals surface area contributed by atoms with Gasteiger partial charge in [0.05, 0.1) is 6.54 Å². The number of halogens is 1. The Labute approximate surface area is 180 Å². The highest BCUT2D eigenvalue weighted by atomic mass is 35.5. The zero-order chi connectivity index (χ0) is 21.7. The molecule has 3 rings (SSSR count). The van der Waals surface area contributed by atoms with Crippen LogP contribution in [-0.2, 0) is 20.1 Å². The first-order chi connectivity index (χ1) is 14.3. The molecular weight excluding hydrogens is 402 g/mol. The van der Waals surface area contributed by atoms with Crippen molar-refractivity contribution in [1.29, 1.82) is 0 Å². The van der Waals surface area contributed by atoms with Crippen molar-refractivity contribution in [2.24, 2.45) is 7.05 Å². The Morgan fingerprint density at radius 2 is 1.83 bits per heavy atom. The molecule has 0 unspecified atom stereocenters. The molecular formula is C23H26ClN3O3. The maximum absolute atomic E-state index is 12.0. The lowest BCUT2D eigenvalue weighted by Gasteiger charge is -2.16. The third kappa shape index (κ3) is 5.40. The molecule has 1 atom stereocenters. The third-order valence-corrected chi connectivity index (χ3v) is 5.29. The number of aryl methyl sites for hydroxylation is 2. The van der Waals surface area contributed by atoms with Crippen LogP contribution < -0.4 is 21.3 Å². The summed E-state index contributed by atoms with van der Waals surface area (Å²) in [6.07, 6.45) is 1.47. The largest absolute Gasteiger partial charge is 0.491 e. The van der Waals surface area contributed by atoms with Crippen LogP contribution in [0.5, 0.6) is 5.75 Å². The van der Waals surface area contributed by atoms with Gasteiger partial charge in [0, 0.05) is 36.9 Å². The minimum atomic E-state index is -0.348. The molecule has 0 radical (unpaired) electrons. The van der Waals surface area contributed by atoms with Crippen LogP contribution in [0, 0.1) is 6.92 Å². The van der Waals surface area contributed by atoms with E-state index >= 15 is 0 Å². The molecule has 3 aromatic rings. The van der Waals surface area contributed by atoms with E-state index in [0.29, 0.717) is 0 Å². The summed E-state index contributed by atoms with van der Waals surface area (Å²) in [4.78, 5) is 23.9. The van der Waals surface area contributed by atoms with E-state index in [2.05, 4.69) is 18.3 Å². The second kappa shape index (κ2) is 9.78. The number of ether oxygens (including phenoxy) is 1. The van der Waals surface area contributed by atoms with Crippen molar-refractivity contribution in [3.05, 3.63) is 97.3 Å². The van der Waals surface area contributed by atoms with Gasteiger partial charge >= 0.3 is 5.69 Å². The van der Waals surface area contributed by atoms with Crippen molar-refractivity contribution in [2.45, 2.75) is 33.0 Å². The van der Waals surface area contributed by atoms with Crippen molar-refractivity contribution in [3.8, 4) is 5.75 Å². The topological polar surface area (TPSA) is 65.3 Å². The summed E-state index contributed by atoms with van der Waals surface area (Å²) in [7, 11) is 1.61. The Kier molecular flexibility index (Phi) is 7.13. The van der Waals surface area contributed by atoms with Crippen LogP contribution in [0.1, 0.15) is 29.7 Å². The van der Waals surface area contributed by atoms with Crippen LogP contribution in [0.4, 0.5) is 0 Å². The summed E-state index contributed by atoms with van der Waals surface area (Å²) < 4.78 is 8.36. The first-order valence-electron chi connectivity index (χ1n) is 9.83. The molecule has 0 saturated carbocycles. The fourth-order valence-electron chi connectivity index (χ4n) is 3.19. The van der Waals surface area contributed by atoms with Gasteiger partial charge in [0.15, 0.2) is 0 Å². The molecule has 158 valence electrons. The minimum Gasteiger partial charge on any atom is -0.491 e. The molecule has 0 spiro atoms. The van der Waals surface area contributed by atoms with Crippen LogP contribution in [0.25, 0.3) is 0 Å². The van der Waals surface area contributed by atoms with Gasteiger partial charge in [0.1, 0.15) is 12.4 Å². The van der Waals surface area contributed by atoms with Crippen molar-refractivity contribution >= 4 is 11.6 Å². The SMILES string of the molecule is Cc1cc(CN[C@@H](C)c2ccc(Cl)cc2)ccc1OCCn1c(=O)ccn(C)c1=O. The Hall–Kier alpha value is -2.83. The standard InChI is InChI=1S/C23H26ClN3O3/c1-16-14-18(15-25-17(2)19-5-7-20(24)8-6-19)4-9-21(16)30-13-12-27-22(28)10-11-26(3)23(27)29/h4-11,14,17,25H,12-13,15H2,1-3H3/t17-/m0/s1. The molecule has 0 aliphatic heterocycles. The van der Waals surface area contributed by atoms with Crippen molar-refractivity contribution < 1.29 is 4.74 Å². The van der Waals surface area contributed by atoms with Gasteiger partial charge in [-0.1, -0.05) is 35.9 Å². The number of nitrogens with zero attached hydrogens (tertiary/aromatic N) is 2. The second-order valence-electron chi connectivity index (χ2n) is 7.30. The molecule has 2 aromatic carbocycles. The maximum Gasteiger partial charge on any atom is 0.330 e. The zero-order valence-corrected chi connectivity index (χ0v) is 18.1. The number of benzene rings is 2. The molecule has 30 heavy (non-hydrogen) atoms. The molecule has 1 heterocycles. The number of aromatic nitrogens is 2. The normalized spacial score (nSPS) is 12.0. The molecule has 1 aromatic heterocycles. The summed E-state index contributed by atoms with van der Waals surface area (Å²) in [6, 6.07) is 15.4. The zero-order valence-electron chi connectivity index (χ0n) is 17.4. The highest BCUT2D eigenvalue weighted by molar-refractivity contribution is 6.30. The Morgan fingerprint density at radius 1 is 1.10 bits per heavy atom. The Morgan fingerprint density at radius 3 is 2.53 bits per heavy atom. The predicted octanol–water partition coefficient (Wildman–Crippen LogP) is 3.44. The smallest absolute Gasteiger partial charge is 0.330 e. The van der Waals surface area contributed by atoms with Crippen LogP contribution in [0.15, 0.2) is 64.3 Å². The third-order valence-electron chi connectivity index (χ3n) is 5.03. The summed E-state index contributed by atoms with van der Waals surface area (Å²) in [5, 5.41) is 4.24. The predicted molar refractivity (Wildman–Crippen MR) is 119 cm³/mol. The second-order valence-corrected chi connectivity index (χ2v) is 7.74. The average molecular weight is 428 g/mol. The van der Waals surface area contributed by atoms with Crippen molar-refractivity contribution in [2.75, 3.05) is 6.61 Å². The Bertz CT molecular complexity index is 1120. The van der Waals surface area contributed by atoms with Gasteiger partial charge in [-0.05, 0) is 48.7 Å². The monoisotopic (exact) mass is 427 g/mol. The quantitative estimate of drug-likeness (QED) is 0.598. The van der Waals surface area contributed by atoms with Crippen molar-refractivity contribution in [3.63, 3.8) is 0 Å². The highest BCUT2D eigenvalue weighted by Gasteiger charge is 2.07. The van der Waals surface area contributed by atoms with Crippen LogP contribution in [0.2, 0.25) is 5.02 Å². The molecule has 0 fully saturated rings. The fraction of sp³-hybridized carbons (Fsp3) is 0.304. The molecule has 0 bridgehead atoms. The summed E-state index contributed by atoms with van der Waals surface area (Å²) >= 11 is 5.95. The first-order valence-corrected chi connectivity index (χ1v) is 10.2. The number of hydrogen-bond acceptors (Lipinski definition) is 4. The summed E-state index contributed by atoms with van der Waals surface area (Å²) in [5.74, 6) is 0.741. The van der Waals surface area contributed by atoms with Crippen LogP contribution in [-0.4, -0.2) is 15.7 Å². The molecule has 0 saturated heterocycles. The maximum atomic E-state index is 12.0. The molecule has 1 N–H and O–H groups in total. The fourth-order valence-corrected chi connectivity index (χ4v) is 3.32. The van der Waals surface area contributed by atoms with Gasteiger partial charge in [-0.15, -0.1) is 0 Å². The van der Waals surface area contributed by atoms with E-state index in [1.165, 1.54) is 27.0 Å². The summed E-state index contributed by atoms with van der Waals surface area (Å²) in [5.41, 5.74) is 2.66. The van der Waals surface area contributed by atoms with Gasteiger partial charge in [0.2, 0.25) is 0 Å². The molecule has 6 nitrogen and oxygen atoms in total. The molecule has 0 aliphatic rings. The lowest BCUT2D eigenvalue weighted by Crippen LogP contribution is -2.39. The van der Waals surface area contributed by atoms with E-state index in [-0.39, 0.29) is 30.4 Å². The Balaban J connectivity index is 1.56.